The number of thiophene rings is 1. The van der Waals surface area contributed by atoms with Crippen LogP contribution in [0.15, 0.2) is 12.1 Å². The molecule has 1 atom stereocenters. The number of aliphatic hydroxyl groups excluding tert-OH is 1. The van der Waals surface area contributed by atoms with Gasteiger partial charge in [-0.05, 0) is 30.9 Å². The highest BCUT2D eigenvalue weighted by Gasteiger charge is 2.10. The van der Waals surface area contributed by atoms with E-state index in [-0.39, 0.29) is 6.10 Å². The van der Waals surface area contributed by atoms with E-state index >= 15 is 0 Å². The van der Waals surface area contributed by atoms with Gasteiger partial charge in [0, 0.05) is 4.88 Å². The van der Waals surface area contributed by atoms with Crippen LogP contribution < -0.4 is 0 Å². The lowest BCUT2D eigenvalue weighted by Gasteiger charge is -2.09. The Morgan fingerprint density at radius 2 is 2.08 bits per heavy atom. The van der Waals surface area contributed by atoms with Gasteiger partial charge < -0.3 is 5.11 Å². The van der Waals surface area contributed by atoms with Gasteiger partial charge in [0.05, 0.1) is 10.4 Å². The molecule has 0 aliphatic rings. The highest BCUT2D eigenvalue weighted by Crippen LogP contribution is 2.29. The summed E-state index contributed by atoms with van der Waals surface area (Å²) in [7, 11) is 0. The zero-order valence-electron chi connectivity index (χ0n) is 7.96. The number of hydrogen-bond acceptors (Lipinski definition) is 2. The average molecular weight is 219 g/mol. The van der Waals surface area contributed by atoms with Gasteiger partial charge in [-0.15, -0.1) is 11.3 Å². The molecule has 1 aromatic rings. The topological polar surface area (TPSA) is 20.2 Å². The molecule has 0 spiro atoms. The molecule has 0 aromatic carbocycles. The monoisotopic (exact) mass is 218 g/mol. The van der Waals surface area contributed by atoms with Crippen molar-refractivity contribution in [3.8, 4) is 0 Å². The fourth-order valence-electron chi connectivity index (χ4n) is 1.14. The molecule has 1 rings (SSSR count). The van der Waals surface area contributed by atoms with Crippen molar-refractivity contribution >= 4 is 22.9 Å². The fraction of sp³-hybridized carbons (Fsp3) is 0.600. The van der Waals surface area contributed by atoms with Gasteiger partial charge in [0.25, 0.3) is 0 Å². The molecule has 0 radical (unpaired) electrons. The molecular weight excluding hydrogens is 204 g/mol. The van der Waals surface area contributed by atoms with Gasteiger partial charge in [-0.2, -0.15) is 0 Å². The van der Waals surface area contributed by atoms with E-state index < -0.39 is 0 Å². The van der Waals surface area contributed by atoms with Gasteiger partial charge in [0.15, 0.2) is 0 Å². The Kier molecular flexibility index (Phi) is 4.23. The van der Waals surface area contributed by atoms with Crippen LogP contribution in [0.4, 0.5) is 0 Å². The molecule has 1 aromatic heterocycles. The van der Waals surface area contributed by atoms with E-state index in [0.29, 0.717) is 5.92 Å². The first-order valence-electron chi connectivity index (χ1n) is 4.53. The van der Waals surface area contributed by atoms with Gasteiger partial charge in [-0.25, -0.2) is 0 Å². The minimum atomic E-state index is -0.333. The van der Waals surface area contributed by atoms with Crippen LogP contribution in [0.1, 0.15) is 37.7 Å². The number of aliphatic hydroxyl groups is 1. The van der Waals surface area contributed by atoms with Crippen LogP contribution in [0.2, 0.25) is 4.34 Å². The van der Waals surface area contributed by atoms with E-state index in [0.717, 1.165) is 22.1 Å². The Hall–Kier alpha value is -0.0500. The lowest BCUT2D eigenvalue weighted by Crippen LogP contribution is -1.97. The van der Waals surface area contributed by atoms with Crippen molar-refractivity contribution in [2.24, 2.45) is 5.92 Å². The number of rotatable bonds is 4. The summed E-state index contributed by atoms with van der Waals surface area (Å²) in [5, 5.41) is 9.73. The second kappa shape index (κ2) is 4.99. The Labute approximate surface area is 88.4 Å². The summed E-state index contributed by atoms with van der Waals surface area (Å²) in [6, 6.07) is 3.73. The second-order valence-corrected chi connectivity index (χ2v) is 5.38. The summed E-state index contributed by atoms with van der Waals surface area (Å²) in [5.74, 6) is 0.644. The van der Waals surface area contributed by atoms with Gasteiger partial charge >= 0.3 is 0 Å². The summed E-state index contributed by atoms with van der Waals surface area (Å²) in [6.07, 6.45) is 1.55. The average Bonchev–Trinajstić information content (AvgIpc) is 2.47. The molecule has 3 heteroatoms. The molecule has 0 saturated carbocycles. The molecule has 74 valence electrons. The highest BCUT2D eigenvalue weighted by atomic mass is 35.5. The molecule has 1 heterocycles. The van der Waals surface area contributed by atoms with E-state index in [9.17, 15) is 5.11 Å². The van der Waals surface area contributed by atoms with Gasteiger partial charge in [0.2, 0.25) is 0 Å². The zero-order valence-corrected chi connectivity index (χ0v) is 9.53. The molecule has 0 aliphatic carbocycles. The quantitative estimate of drug-likeness (QED) is 0.814. The van der Waals surface area contributed by atoms with Crippen LogP contribution in [0, 0.1) is 5.92 Å². The van der Waals surface area contributed by atoms with Crippen LogP contribution in [-0.4, -0.2) is 5.11 Å². The minimum absolute atomic E-state index is 0.333. The van der Waals surface area contributed by atoms with E-state index in [4.69, 9.17) is 11.6 Å². The summed E-state index contributed by atoms with van der Waals surface area (Å²) >= 11 is 7.24. The minimum Gasteiger partial charge on any atom is -0.388 e. The van der Waals surface area contributed by atoms with Crippen molar-refractivity contribution in [2.75, 3.05) is 0 Å². The van der Waals surface area contributed by atoms with Crippen molar-refractivity contribution in [2.45, 2.75) is 32.8 Å². The predicted octanol–water partition coefficient (Wildman–Crippen LogP) is 3.87. The fourth-order valence-corrected chi connectivity index (χ4v) is 2.22. The highest BCUT2D eigenvalue weighted by molar-refractivity contribution is 7.16. The van der Waals surface area contributed by atoms with Crippen LogP contribution in [-0.2, 0) is 0 Å². The van der Waals surface area contributed by atoms with E-state index in [1.807, 2.05) is 12.1 Å². The Bertz CT molecular complexity index is 257. The van der Waals surface area contributed by atoms with Crippen molar-refractivity contribution in [3.63, 3.8) is 0 Å². The summed E-state index contributed by atoms with van der Waals surface area (Å²) in [6.45, 7) is 4.32. The third kappa shape index (κ3) is 3.67. The third-order valence-corrected chi connectivity index (χ3v) is 3.27. The van der Waals surface area contributed by atoms with Gasteiger partial charge in [-0.1, -0.05) is 25.4 Å². The summed E-state index contributed by atoms with van der Waals surface area (Å²) in [4.78, 5) is 0.977. The Balaban J connectivity index is 2.44. The largest absolute Gasteiger partial charge is 0.388 e. The Morgan fingerprint density at radius 1 is 1.38 bits per heavy atom. The first kappa shape index (κ1) is 11.0. The van der Waals surface area contributed by atoms with Crippen molar-refractivity contribution in [1.82, 2.24) is 0 Å². The van der Waals surface area contributed by atoms with Gasteiger partial charge in [-0.3, -0.25) is 0 Å². The molecule has 13 heavy (non-hydrogen) atoms. The molecule has 0 aliphatic heterocycles. The maximum Gasteiger partial charge on any atom is 0.0932 e. The van der Waals surface area contributed by atoms with Crippen LogP contribution >= 0.6 is 22.9 Å². The van der Waals surface area contributed by atoms with Crippen molar-refractivity contribution in [3.05, 3.63) is 21.3 Å². The Morgan fingerprint density at radius 3 is 2.54 bits per heavy atom. The summed E-state index contributed by atoms with van der Waals surface area (Å²) in [5.41, 5.74) is 0. The van der Waals surface area contributed by atoms with Crippen LogP contribution in [0.3, 0.4) is 0 Å². The lowest BCUT2D eigenvalue weighted by atomic mass is 10.0. The normalized spacial score (nSPS) is 13.6. The molecule has 0 bridgehead atoms. The van der Waals surface area contributed by atoms with Gasteiger partial charge in [0.1, 0.15) is 0 Å². The zero-order chi connectivity index (χ0) is 9.84. The molecular formula is C10H15ClOS. The van der Waals surface area contributed by atoms with E-state index in [1.165, 1.54) is 11.3 Å². The first-order valence-corrected chi connectivity index (χ1v) is 5.72. The standard InChI is InChI=1S/C10H15ClOS/c1-7(2)3-4-8(12)9-5-6-10(11)13-9/h5-8,12H,3-4H2,1-2H3. The van der Waals surface area contributed by atoms with Crippen molar-refractivity contribution < 1.29 is 5.11 Å². The maximum atomic E-state index is 9.73. The third-order valence-electron chi connectivity index (χ3n) is 1.94. The smallest absolute Gasteiger partial charge is 0.0932 e. The lowest BCUT2D eigenvalue weighted by molar-refractivity contribution is 0.163. The molecule has 1 N–H and O–H groups in total. The van der Waals surface area contributed by atoms with Crippen LogP contribution in [0.25, 0.3) is 0 Å². The first-order chi connectivity index (χ1) is 6.09. The molecule has 1 unspecified atom stereocenters. The van der Waals surface area contributed by atoms with Crippen molar-refractivity contribution in [1.29, 1.82) is 0 Å². The van der Waals surface area contributed by atoms with E-state index in [2.05, 4.69) is 13.8 Å². The molecule has 0 amide bonds. The summed E-state index contributed by atoms with van der Waals surface area (Å²) < 4.78 is 0.749. The molecule has 0 saturated heterocycles. The SMILES string of the molecule is CC(C)CCC(O)c1ccc(Cl)s1. The van der Waals surface area contributed by atoms with Crippen LogP contribution in [0.5, 0.6) is 0 Å². The molecule has 1 nitrogen and oxygen atoms in total. The van der Waals surface area contributed by atoms with E-state index in [1.54, 1.807) is 0 Å². The maximum absolute atomic E-state index is 9.73. The molecule has 0 fully saturated rings. The number of hydrogen-bond donors (Lipinski definition) is 1. The predicted molar refractivity (Wildman–Crippen MR) is 58.4 cm³/mol. The second-order valence-electron chi connectivity index (χ2n) is 3.63. The number of halogens is 1.